The first kappa shape index (κ1) is 11.8. The van der Waals surface area contributed by atoms with E-state index in [0.717, 1.165) is 0 Å². The van der Waals surface area contributed by atoms with Gasteiger partial charge in [0.05, 0.1) is 6.54 Å². The second-order valence-corrected chi connectivity index (χ2v) is 4.82. The van der Waals surface area contributed by atoms with Crippen LogP contribution in [-0.2, 0) is 9.59 Å². The Balaban J connectivity index is 2.98. The van der Waals surface area contributed by atoms with Crippen molar-refractivity contribution in [3.05, 3.63) is 12.7 Å². The molecule has 84 valence electrons. The Morgan fingerprint density at radius 2 is 2.13 bits per heavy atom. The Bertz CT molecular complexity index is 291. The summed E-state index contributed by atoms with van der Waals surface area (Å²) >= 11 is 0. The quantitative estimate of drug-likeness (QED) is 0.676. The van der Waals surface area contributed by atoms with Crippen molar-refractivity contribution in [2.24, 2.45) is 5.41 Å². The Hall–Kier alpha value is -1.32. The van der Waals surface area contributed by atoms with E-state index in [1.165, 1.54) is 0 Å². The van der Waals surface area contributed by atoms with Gasteiger partial charge in [0, 0.05) is 6.54 Å². The molecule has 0 spiro atoms. The van der Waals surface area contributed by atoms with E-state index in [2.05, 4.69) is 11.9 Å². The highest BCUT2D eigenvalue weighted by Gasteiger charge is 2.41. The summed E-state index contributed by atoms with van der Waals surface area (Å²) in [5.74, 6) is -0.127. The predicted octanol–water partition coefficient (Wildman–Crippen LogP) is 0.545. The summed E-state index contributed by atoms with van der Waals surface area (Å²) in [5, 5.41) is 2.61. The second-order valence-electron chi connectivity index (χ2n) is 4.82. The summed E-state index contributed by atoms with van der Waals surface area (Å²) in [6.07, 6.45) is 1.65. The molecular weight excluding hydrogens is 192 g/mol. The van der Waals surface area contributed by atoms with Gasteiger partial charge in [-0.25, -0.2) is 0 Å². The van der Waals surface area contributed by atoms with E-state index in [-0.39, 0.29) is 23.8 Å². The van der Waals surface area contributed by atoms with Gasteiger partial charge < -0.3 is 10.2 Å². The largest absolute Gasteiger partial charge is 0.345 e. The maximum absolute atomic E-state index is 11.7. The number of carbonyl (C=O) groups is 2. The highest BCUT2D eigenvalue weighted by molar-refractivity contribution is 5.95. The molecule has 1 atom stereocenters. The minimum atomic E-state index is -0.406. The molecule has 1 aliphatic rings. The molecule has 1 fully saturated rings. The number of nitrogens with one attached hydrogen (secondary N) is 1. The van der Waals surface area contributed by atoms with Crippen molar-refractivity contribution in [3.8, 4) is 0 Å². The molecule has 0 aromatic heterocycles. The maximum Gasteiger partial charge on any atom is 0.243 e. The van der Waals surface area contributed by atoms with E-state index in [1.807, 2.05) is 20.8 Å². The van der Waals surface area contributed by atoms with Crippen LogP contribution in [0, 0.1) is 5.41 Å². The molecule has 4 nitrogen and oxygen atoms in total. The van der Waals surface area contributed by atoms with Crippen LogP contribution < -0.4 is 5.32 Å². The molecule has 0 bridgehead atoms. The fourth-order valence-electron chi connectivity index (χ4n) is 1.85. The van der Waals surface area contributed by atoms with E-state index >= 15 is 0 Å². The SMILES string of the molecule is C=CCN1C(=O)CNC(=O)C1C(C)(C)C. The van der Waals surface area contributed by atoms with Gasteiger partial charge in [0.2, 0.25) is 11.8 Å². The van der Waals surface area contributed by atoms with Crippen LogP contribution in [0.1, 0.15) is 20.8 Å². The van der Waals surface area contributed by atoms with Crippen molar-refractivity contribution in [1.29, 1.82) is 0 Å². The highest BCUT2D eigenvalue weighted by atomic mass is 16.2. The van der Waals surface area contributed by atoms with E-state index in [9.17, 15) is 9.59 Å². The van der Waals surface area contributed by atoms with Crippen LogP contribution in [0.4, 0.5) is 0 Å². The molecule has 4 heteroatoms. The smallest absolute Gasteiger partial charge is 0.243 e. The zero-order valence-corrected chi connectivity index (χ0v) is 9.54. The molecule has 2 amide bonds. The van der Waals surface area contributed by atoms with E-state index in [0.29, 0.717) is 6.54 Å². The number of hydrogen-bond donors (Lipinski definition) is 1. The number of rotatable bonds is 2. The number of carbonyl (C=O) groups excluding carboxylic acids is 2. The van der Waals surface area contributed by atoms with E-state index < -0.39 is 6.04 Å². The van der Waals surface area contributed by atoms with Crippen LogP contribution in [0.15, 0.2) is 12.7 Å². The molecule has 0 aliphatic carbocycles. The summed E-state index contributed by atoms with van der Waals surface area (Å²) in [6.45, 7) is 9.98. The standard InChI is InChI=1S/C11H18N2O2/c1-5-6-13-8(14)7-12-10(15)9(13)11(2,3)4/h5,9H,1,6-7H2,2-4H3,(H,12,15). The fourth-order valence-corrected chi connectivity index (χ4v) is 1.85. The van der Waals surface area contributed by atoms with Gasteiger partial charge in [0.1, 0.15) is 6.04 Å². The van der Waals surface area contributed by atoms with Gasteiger partial charge in [-0.2, -0.15) is 0 Å². The fraction of sp³-hybridized carbons (Fsp3) is 0.636. The summed E-state index contributed by atoms with van der Waals surface area (Å²) < 4.78 is 0. The average molecular weight is 210 g/mol. The molecule has 0 aromatic carbocycles. The number of hydrogen-bond acceptors (Lipinski definition) is 2. The lowest BCUT2D eigenvalue weighted by atomic mass is 9.84. The lowest BCUT2D eigenvalue weighted by Gasteiger charge is -2.41. The highest BCUT2D eigenvalue weighted by Crippen LogP contribution is 2.26. The lowest BCUT2D eigenvalue weighted by Crippen LogP contribution is -2.62. The molecule has 0 saturated carbocycles. The average Bonchev–Trinajstić information content (AvgIpc) is 2.09. The minimum absolute atomic E-state index is 0.0468. The van der Waals surface area contributed by atoms with Crippen LogP contribution in [0.5, 0.6) is 0 Å². The van der Waals surface area contributed by atoms with Crippen molar-refractivity contribution in [2.45, 2.75) is 26.8 Å². The molecule has 1 N–H and O–H groups in total. The minimum Gasteiger partial charge on any atom is -0.345 e. The third-order valence-corrected chi connectivity index (χ3v) is 2.44. The third kappa shape index (κ3) is 2.37. The van der Waals surface area contributed by atoms with Crippen LogP contribution >= 0.6 is 0 Å². The normalized spacial score (nSPS) is 22.6. The first-order valence-electron chi connectivity index (χ1n) is 5.06. The Labute approximate surface area is 90.3 Å². The maximum atomic E-state index is 11.7. The molecule has 1 rings (SSSR count). The molecule has 0 radical (unpaired) electrons. The van der Waals surface area contributed by atoms with Crippen molar-refractivity contribution < 1.29 is 9.59 Å². The molecule has 1 heterocycles. The van der Waals surface area contributed by atoms with Crippen molar-refractivity contribution in [1.82, 2.24) is 10.2 Å². The molecule has 1 aliphatic heterocycles. The van der Waals surface area contributed by atoms with Crippen molar-refractivity contribution in [2.75, 3.05) is 13.1 Å². The molecule has 1 saturated heterocycles. The van der Waals surface area contributed by atoms with E-state index in [1.54, 1.807) is 11.0 Å². The Morgan fingerprint density at radius 1 is 1.53 bits per heavy atom. The predicted molar refractivity (Wildman–Crippen MR) is 58.2 cm³/mol. The van der Waals surface area contributed by atoms with Gasteiger partial charge in [0.15, 0.2) is 0 Å². The van der Waals surface area contributed by atoms with Crippen LogP contribution in [0.3, 0.4) is 0 Å². The second kappa shape index (κ2) is 4.04. The van der Waals surface area contributed by atoms with Crippen LogP contribution in [-0.4, -0.2) is 35.8 Å². The van der Waals surface area contributed by atoms with Gasteiger partial charge >= 0.3 is 0 Å². The van der Waals surface area contributed by atoms with Gasteiger partial charge in [0.25, 0.3) is 0 Å². The first-order valence-corrected chi connectivity index (χ1v) is 5.06. The number of nitrogens with zero attached hydrogens (tertiary/aromatic N) is 1. The first-order chi connectivity index (χ1) is 6.88. The molecule has 15 heavy (non-hydrogen) atoms. The zero-order chi connectivity index (χ0) is 11.6. The zero-order valence-electron chi connectivity index (χ0n) is 9.54. The molecule has 0 aromatic rings. The van der Waals surface area contributed by atoms with Crippen LogP contribution in [0.25, 0.3) is 0 Å². The van der Waals surface area contributed by atoms with Gasteiger partial charge in [-0.3, -0.25) is 9.59 Å². The van der Waals surface area contributed by atoms with Crippen molar-refractivity contribution >= 4 is 11.8 Å². The topological polar surface area (TPSA) is 49.4 Å². The Kier molecular flexibility index (Phi) is 3.17. The van der Waals surface area contributed by atoms with Gasteiger partial charge in [-0.1, -0.05) is 26.8 Å². The van der Waals surface area contributed by atoms with Gasteiger partial charge in [-0.05, 0) is 5.41 Å². The van der Waals surface area contributed by atoms with E-state index in [4.69, 9.17) is 0 Å². The summed E-state index contributed by atoms with van der Waals surface area (Å²) in [6, 6.07) is -0.406. The third-order valence-electron chi connectivity index (χ3n) is 2.44. The molecular formula is C11H18N2O2. The summed E-state index contributed by atoms with van der Waals surface area (Å²) in [4.78, 5) is 25.0. The van der Waals surface area contributed by atoms with Gasteiger partial charge in [-0.15, -0.1) is 6.58 Å². The number of piperazine rings is 1. The lowest BCUT2D eigenvalue weighted by molar-refractivity contribution is -0.149. The number of amides is 2. The van der Waals surface area contributed by atoms with Crippen molar-refractivity contribution in [3.63, 3.8) is 0 Å². The summed E-state index contributed by atoms with van der Waals surface area (Å²) in [7, 11) is 0. The summed E-state index contributed by atoms with van der Waals surface area (Å²) in [5.41, 5.74) is -0.261. The Morgan fingerprint density at radius 3 is 2.60 bits per heavy atom. The van der Waals surface area contributed by atoms with Crippen LogP contribution in [0.2, 0.25) is 0 Å². The molecule has 1 unspecified atom stereocenters. The monoisotopic (exact) mass is 210 g/mol.